The van der Waals surface area contributed by atoms with Gasteiger partial charge in [0.15, 0.2) is 0 Å². The van der Waals surface area contributed by atoms with Gasteiger partial charge in [-0.1, -0.05) is 24.9 Å². The molecule has 1 aliphatic carbocycles. The van der Waals surface area contributed by atoms with Gasteiger partial charge >= 0.3 is 12.1 Å². The molecule has 34 heavy (non-hydrogen) atoms. The maximum absolute atomic E-state index is 12.3. The van der Waals surface area contributed by atoms with Gasteiger partial charge in [-0.3, -0.25) is 4.79 Å². The van der Waals surface area contributed by atoms with E-state index in [2.05, 4.69) is 6.92 Å². The standard InChI is InChI=1S/C25H33ClN2O5S/c1-5-6-12-32-25(30)28(3)15-18-14-22(26)34-23(18)20-10-11-21(16(2)27-20)33-19-9-7-8-17(13-19)24(29)31-4/h10-11,14,17,19H,5-9,12-13,15H2,1-4H3/t17-,19-/m0/s1. The Labute approximate surface area is 210 Å². The van der Waals surface area contributed by atoms with Crippen molar-refractivity contribution < 1.29 is 23.8 Å². The molecule has 2 aromatic heterocycles. The molecule has 2 atom stereocenters. The molecule has 1 aliphatic rings. The van der Waals surface area contributed by atoms with Crippen LogP contribution in [0.5, 0.6) is 5.75 Å². The molecule has 9 heteroatoms. The van der Waals surface area contributed by atoms with Crippen molar-refractivity contribution in [2.45, 2.75) is 65.0 Å². The Morgan fingerprint density at radius 1 is 1.29 bits per heavy atom. The summed E-state index contributed by atoms with van der Waals surface area (Å²) >= 11 is 7.76. The Hall–Kier alpha value is -2.32. The van der Waals surface area contributed by atoms with Crippen LogP contribution in [-0.2, 0) is 20.8 Å². The normalized spacial score (nSPS) is 17.8. The van der Waals surface area contributed by atoms with Crippen molar-refractivity contribution in [1.82, 2.24) is 9.88 Å². The third kappa shape index (κ3) is 6.85. The largest absolute Gasteiger partial charge is 0.489 e. The molecule has 2 aromatic rings. The predicted octanol–water partition coefficient (Wildman–Crippen LogP) is 6.25. The number of methoxy groups -OCH3 is 1. The Balaban J connectivity index is 1.70. The number of pyridine rings is 1. The van der Waals surface area contributed by atoms with Crippen molar-refractivity contribution in [2.24, 2.45) is 5.92 Å². The van der Waals surface area contributed by atoms with E-state index in [1.165, 1.54) is 18.4 Å². The number of thiophene rings is 1. The second-order valence-corrected chi connectivity index (χ2v) is 10.3. The highest BCUT2D eigenvalue weighted by Crippen LogP contribution is 2.37. The summed E-state index contributed by atoms with van der Waals surface area (Å²) in [5.74, 6) is 0.428. The monoisotopic (exact) mass is 508 g/mol. The Bertz CT molecular complexity index is 996. The Kier molecular flexibility index (Phi) is 9.59. The zero-order valence-electron chi connectivity index (χ0n) is 20.3. The van der Waals surface area contributed by atoms with Gasteiger partial charge < -0.3 is 19.1 Å². The van der Waals surface area contributed by atoms with Gasteiger partial charge in [0.1, 0.15) is 5.75 Å². The van der Waals surface area contributed by atoms with Crippen molar-refractivity contribution >= 4 is 35.0 Å². The summed E-state index contributed by atoms with van der Waals surface area (Å²) in [6.45, 7) is 4.75. The number of ether oxygens (including phenoxy) is 3. The van der Waals surface area contributed by atoms with Gasteiger partial charge in [0.05, 0.1) is 52.9 Å². The average Bonchev–Trinajstić information content (AvgIpc) is 3.19. The van der Waals surface area contributed by atoms with E-state index in [4.69, 9.17) is 30.8 Å². The van der Waals surface area contributed by atoms with Gasteiger partial charge in [-0.25, -0.2) is 9.78 Å². The number of esters is 1. The van der Waals surface area contributed by atoms with Gasteiger partial charge in [-0.15, -0.1) is 11.3 Å². The summed E-state index contributed by atoms with van der Waals surface area (Å²) in [6.07, 6.45) is 4.75. The molecule has 3 rings (SSSR count). The van der Waals surface area contributed by atoms with Gasteiger partial charge in [-0.2, -0.15) is 0 Å². The summed E-state index contributed by atoms with van der Waals surface area (Å²) in [7, 11) is 3.14. The molecule has 0 saturated heterocycles. The van der Waals surface area contributed by atoms with Crippen LogP contribution in [-0.4, -0.2) is 48.8 Å². The minimum atomic E-state index is -0.354. The lowest BCUT2D eigenvalue weighted by atomic mass is 9.87. The minimum Gasteiger partial charge on any atom is -0.489 e. The zero-order valence-corrected chi connectivity index (χ0v) is 21.8. The number of aromatic nitrogens is 1. The van der Waals surface area contributed by atoms with Crippen LogP contribution in [0.2, 0.25) is 4.34 Å². The quantitative estimate of drug-likeness (QED) is 0.294. The number of unbranched alkanes of at least 4 members (excludes halogenated alkanes) is 1. The molecule has 0 aliphatic heterocycles. The molecule has 0 aromatic carbocycles. The third-order valence-corrected chi connectivity index (χ3v) is 7.27. The second kappa shape index (κ2) is 12.4. The van der Waals surface area contributed by atoms with Crippen molar-refractivity contribution in [3.8, 4) is 16.3 Å². The molecule has 2 heterocycles. The third-order valence-electron chi connectivity index (χ3n) is 5.95. The van der Waals surface area contributed by atoms with Crippen LogP contribution in [0.1, 0.15) is 56.7 Å². The van der Waals surface area contributed by atoms with Crippen LogP contribution in [0, 0.1) is 12.8 Å². The lowest BCUT2D eigenvalue weighted by molar-refractivity contribution is -0.147. The SMILES string of the molecule is CCCCOC(=O)N(C)Cc1cc(Cl)sc1-c1ccc(O[C@H]2CCC[C@H](C(=O)OC)C2)c(C)n1. The lowest BCUT2D eigenvalue weighted by Gasteiger charge is -2.28. The van der Waals surface area contributed by atoms with Crippen molar-refractivity contribution in [3.05, 3.63) is 33.8 Å². The van der Waals surface area contributed by atoms with Crippen molar-refractivity contribution in [3.63, 3.8) is 0 Å². The molecule has 186 valence electrons. The topological polar surface area (TPSA) is 78.0 Å². The van der Waals surface area contributed by atoms with Crippen molar-refractivity contribution in [2.75, 3.05) is 20.8 Å². The first kappa shape index (κ1) is 26.3. The van der Waals surface area contributed by atoms with Crippen LogP contribution in [0.4, 0.5) is 4.79 Å². The fourth-order valence-corrected chi connectivity index (χ4v) is 5.31. The number of carbonyl (C=O) groups is 2. The number of nitrogens with zero attached hydrogens (tertiary/aromatic N) is 2. The molecule has 0 N–H and O–H groups in total. The first-order valence-corrected chi connectivity index (χ1v) is 12.9. The number of aryl methyl sites for hydroxylation is 1. The number of halogens is 1. The van der Waals surface area contributed by atoms with E-state index in [9.17, 15) is 9.59 Å². The first-order valence-electron chi connectivity index (χ1n) is 11.7. The molecule has 1 amide bonds. The molecule has 0 spiro atoms. The molecular formula is C25H33ClN2O5S. The summed E-state index contributed by atoms with van der Waals surface area (Å²) in [4.78, 5) is 31.4. The highest BCUT2D eigenvalue weighted by atomic mass is 35.5. The summed E-state index contributed by atoms with van der Waals surface area (Å²) in [5.41, 5.74) is 2.46. The van der Waals surface area contributed by atoms with Crippen LogP contribution in [0.3, 0.4) is 0 Å². The lowest BCUT2D eigenvalue weighted by Crippen LogP contribution is -2.30. The Morgan fingerprint density at radius 3 is 2.79 bits per heavy atom. The number of carbonyl (C=O) groups excluding carboxylic acids is 2. The van der Waals surface area contributed by atoms with Gasteiger partial charge in [-0.05, 0) is 62.8 Å². The van der Waals surface area contributed by atoms with Crippen LogP contribution < -0.4 is 4.74 Å². The first-order chi connectivity index (χ1) is 16.3. The summed E-state index contributed by atoms with van der Waals surface area (Å²) in [6, 6.07) is 5.70. The summed E-state index contributed by atoms with van der Waals surface area (Å²) < 4.78 is 17.1. The van der Waals surface area contributed by atoms with E-state index < -0.39 is 0 Å². The number of hydrogen-bond acceptors (Lipinski definition) is 7. The second-order valence-electron chi connectivity index (χ2n) is 8.64. The average molecular weight is 509 g/mol. The summed E-state index contributed by atoms with van der Waals surface area (Å²) in [5, 5.41) is 0. The molecular weight excluding hydrogens is 476 g/mol. The molecule has 0 radical (unpaired) electrons. The van der Waals surface area contributed by atoms with Crippen molar-refractivity contribution in [1.29, 1.82) is 0 Å². The molecule has 1 saturated carbocycles. The van der Waals surface area contributed by atoms with E-state index in [1.54, 1.807) is 11.9 Å². The van der Waals surface area contributed by atoms with E-state index >= 15 is 0 Å². The van der Waals surface area contributed by atoms with Crippen LogP contribution >= 0.6 is 22.9 Å². The molecule has 7 nitrogen and oxygen atoms in total. The van der Waals surface area contributed by atoms with E-state index in [0.29, 0.717) is 29.7 Å². The minimum absolute atomic E-state index is 0.0386. The van der Waals surface area contributed by atoms with Crippen LogP contribution in [0.25, 0.3) is 10.6 Å². The predicted molar refractivity (Wildman–Crippen MR) is 133 cm³/mol. The molecule has 0 unspecified atom stereocenters. The molecule has 0 bridgehead atoms. The fourth-order valence-electron chi connectivity index (χ4n) is 4.07. The maximum atomic E-state index is 12.3. The van der Waals surface area contributed by atoms with E-state index in [1.807, 2.05) is 25.1 Å². The van der Waals surface area contributed by atoms with Crippen LogP contribution in [0.15, 0.2) is 18.2 Å². The highest BCUT2D eigenvalue weighted by Gasteiger charge is 2.29. The fraction of sp³-hybridized carbons (Fsp3) is 0.560. The highest BCUT2D eigenvalue weighted by molar-refractivity contribution is 7.19. The smallest absolute Gasteiger partial charge is 0.409 e. The van der Waals surface area contributed by atoms with Gasteiger partial charge in [0.25, 0.3) is 0 Å². The number of amides is 1. The van der Waals surface area contributed by atoms with E-state index in [0.717, 1.165) is 53.9 Å². The zero-order chi connectivity index (χ0) is 24.7. The Morgan fingerprint density at radius 2 is 2.09 bits per heavy atom. The van der Waals surface area contributed by atoms with Gasteiger partial charge in [0, 0.05) is 7.05 Å². The van der Waals surface area contributed by atoms with E-state index in [-0.39, 0.29) is 24.1 Å². The van der Waals surface area contributed by atoms with Gasteiger partial charge in [0.2, 0.25) is 0 Å². The maximum Gasteiger partial charge on any atom is 0.409 e. The number of hydrogen-bond donors (Lipinski definition) is 0. The molecule has 1 fully saturated rings. The number of rotatable bonds is 9.